The first-order valence-electron chi connectivity index (χ1n) is 4.82. The summed E-state index contributed by atoms with van der Waals surface area (Å²) in [5.74, 6) is 0. The van der Waals surface area contributed by atoms with Crippen molar-refractivity contribution in [2.45, 2.75) is 38.3 Å². The van der Waals surface area contributed by atoms with Gasteiger partial charge in [0, 0.05) is 19.2 Å². The van der Waals surface area contributed by atoms with Gasteiger partial charge in [0.2, 0.25) is 0 Å². The Morgan fingerprint density at radius 2 is 2.50 bits per heavy atom. The number of rotatable bonds is 5. The largest absolute Gasteiger partial charge is 0.395 e. The highest BCUT2D eigenvalue weighted by Crippen LogP contribution is 2.10. The first-order chi connectivity index (χ1) is 5.86. The van der Waals surface area contributed by atoms with Gasteiger partial charge in [0.05, 0.1) is 12.7 Å². The molecule has 0 saturated carbocycles. The lowest BCUT2D eigenvalue weighted by Crippen LogP contribution is -2.37. The van der Waals surface area contributed by atoms with Gasteiger partial charge in [0.1, 0.15) is 0 Å². The minimum absolute atomic E-state index is 0.225. The molecule has 2 atom stereocenters. The molecule has 1 aliphatic heterocycles. The highest BCUT2D eigenvalue weighted by Gasteiger charge is 2.16. The van der Waals surface area contributed by atoms with Crippen LogP contribution in [0.3, 0.4) is 0 Å². The summed E-state index contributed by atoms with van der Waals surface area (Å²) in [7, 11) is 0. The van der Waals surface area contributed by atoms with Crippen molar-refractivity contribution < 1.29 is 9.84 Å². The molecule has 1 fully saturated rings. The van der Waals surface area contributed by atoms with Crippen molar-refractivity contribution in [1.29, 1.82) is 0 Å². The lowest BCUT2D eigenvalue weighted by atomic mass is 10.2. The third kappa shape index (κ3) is 3.09. The van der Waals surface area contributed by atoms with E-state index in [1.54, 1.807) is 0 Å². The molecule has 0 bridgehead atoms. The van der Waals surface area contributed by atoms with Crippen LogP contribution in [0.2, 0.25) is 0 Å². The Balaban J connectivity index is 2.06. The SMILES string of the molecule is CC[C@@H](CO)NCC1CCCO1. The standard InChI is InChI=1S/C9H19NO2/c1-2-8(7-11)10-6-9-4-3-5-12-9/h8-11H,2-7H2,1H3/t8-,9?/m0/s1. The van der Waals surface area contributed by atoms with Gasteiger partial charge in [0.15, 0.2) is 0 Å². The quantitative estimate of drug-likeness (QED) is 0.637. The Morgan fingerprint density at radius 1 is 1.67 bits per heavy atom. The van der Waals surface area contributed by atoms with E-state index in [4.69, 9.17) is 9.84 Å². The highest BCUT2D eigenvalue weighted by atomic mass is 16.5. The summed E-state index contributed by atoms with van der Waals surface area (Å²) < 4.78 is 5.45. The molecule has 1 rings (SSSR count). The van der Waals surface area contributed by atoms with Gasteiger partial charge in [-0.2, -0.15) is 0 Å². The van der Waals surface area contributed by atoms with Gasteiger partial charge in [-0.1, -0.05) is 6.92 Å². The molecule has 0 aromatic heterocycles. The van der Waals surface area contributed by atoms with Crippen LogP contribution in [0.1, 0.15) is 26.2 Å². The van der Waals surface area contributed by atoms with Crippen LogP contribution in [-0.2, 0) is 4.74 Å². The number of aliphatic hydroxyl groups is 1. The van der Waals surface area contributed by atoms with Crippen LogP contribution in [0.4, 0.5) is 0 Å². The molecule has 0 aliphatic carbocycles. The maximum absolute atomic E-state index is 8.90. The summed E-state index contributed by atoms with van der Waals surface area (Å²) in [5.41, 5.74) is 0. The average Bonchev–Trinajstić information content (AvgIpc) is 2.59. The third-order valence-electron chi connectivity index (χ3n) is 2.37. The fourth-order valence-electron chi connectivity index (χ4n) is 1.44. The van der Waals surface area contributed by atoms with E-state index >= 15 is 0 Å². The first-order valence-corrected chi connectivity index (χ1v) is 4.82. The smallest absolute Gasteiger partial charge is 0.0700 e. The maximum atomic E-state index is 8.90. The van der Waals surface area contributed by atoms with E-state index in [1.807, 2.05) is 0 Å². The third-order valence-corrected chi connectivity index (χ3v) is 2.37. The molecular weight excluding hydrogens is 154 g/mol. The second kappa shape index (κ2) is 5.51. The molecule has 1 aliphatic rings. The summed E-state index contributed by atoms with van der Waals surface area (Å²) in [6.45, 7) is 4.09. The van der Waals surface area contributed by atoms with Crippen LogP contribution in [-0.4, -0.2) is 37.0 Å². The van der Waals surface area contributed by atoms with E-state index in [1.165, 1.54) is 6.42 Å². The summed E-state index contributed by atoms with van der Waals surface area (Å²) in [6.07, 6.45) is 3.70. The number of ether oxygens (including phenoxy) is 1. The van der Waals surface area contributed by atoms with E-state index in [0.29, 0.717) is 6.10 Å². The van der Waals surface area contributed by atoms with Crippen molar-refractivity contribution in [3.05, 3.63) is 0 Å². The highest BCUT2D eigenvalue weighted by molar-refractivity contribution is 4.71. The molecule has 0 aromatic rings. The molecule has 1 heterocycles. The number of hydrogen-bond donors (Lipinski definition) is 2. The van der Waals surface area contributed by atoms with Crippen molar-refractivity contribution in [1.82, 2.24) is 5.32 Å². The van der Waals surface area contributed by atoms with Crippen molar-refractivity contribution in [2.24, 2.45) is 0 Å². The van der Waals surface area contributed by atoms with E-state index < -0.39 is 0 Å². The normalized spacial score (nSPS) is 26.0. The Labute approximate surface area is 74.1 Å². The molecule has 3 nitrogen and oxygen atoms in total. The fourth-order valence-corrected chi connectivity index (χ4v) is 1.44. The number of nitrogens with one attached hydrogen (secondary N) is 1. The van der Waals surface area contributed by atoms with E-state index in [9.17, 15) is 0 Å². The molecule has 0 amide bonds. The van der Waals surface area contributed by atoms with Crippen LogP contribution in [0.25, 0.3) is 0 Å². The zero-order valence-corrected chi connectivity index (χ0v) is 7.75. The summed E-state index contributed by atoms with van der Waals surface area (Å²) >= 11 is 0. The predicted molar refractivity (Wildman–Crippen MR) is 48.1 cm³/mol. The van der Waals surface area contributed by atoms with Gasteiger partial charge in [0.25, 0.3) is 0 Å². The van der Waals surface area contributed by atoms with Crippen LogP contribution < -0.4 is 5.32 Å². The van der Waals surface area contributed by atoms with Gasteiger partial charge < -0.3 is 15.2 Å². The minimum Gasteiger partial charge on any atom is -0.395 e. The lowest BCUT2D eigenvalue weighted by Gasteiger charge is -2.16. The Bertz CT molecular complexity index is 107. The monoisotopic (exact) mass is 173 g/mol. The molecular formula is C9H19NO2. The summed E-state index contributed by atoms with van der Waals surface area (Å²) in [4.78, 5) is 0. The van der Waals surface area contributed by atoms with Crippen LogP contribution in [0, 0.1) is 0 Å². The van der Waals surface area contributed by atoms with Crippen LogP contribution >= 0.6 is 0 Å². The van der Waals surface area contributed by atoms with Crippen LogP contribution in [0.5, 0.6) is 0 Å². The number of hydrogen-bond acceptors (Lipinski definition) is 3. The molecule has 0 radical (unpaired) electrons. The van der Waals surface area contributed by atoms with E-state index in [-0.39, 0.29) is 12.6 Å². The van der Waals surface area contributed by atoms with Gasteiger partial charge in [-0.05, 0) is 19.3 Å². The lowest BCUT2D eigenvalue weighted by molar-refractivity contribution is 0.103. The topological polar surface area (TPSA) is 41.5 Å². The van der Waals surface area contributed by atoms with Crippen LogP contribution in [0.15, 0.2) is 0 Å². The van der Waals surface area contributed by atoms with Gasteiger partial charge in [-0.3, -0.25) is 0 Å². The Hall–Kier alpha value is -0.120. The Morgan fingerprint density at radius 3 is 3.00 bits per heavy atom. The average molecular weight is 173 g/mol. The molecule has 1 unspecified atom stereocenters. The predicted octanol–water partition coefficient (Wildman–Crippen LogP) is 0.526. The molecule has 0 spiro atoms. The van der Waals surface area contributed by atoms with Gasteiger partial charge in [-0.25, -0.2) is 0 Å². The minimum atomic E-state index is 0.225. The second-order valence-electron chi connectivity index (χ2n) is 3.33. The zero-order chi connectivity index (χ0) is 8.81. The first kappa shape index (κ1) is 9.96. The second-order valence-corrected chi connectivity index (χ2v) is 3.33. The summed E-state index contributed by atoms with van der Waals surface area (Å²) in [5, 5.41) is 12.2. The summed E-state index contributed by atoms with van der Waals surface area (Å²) in [6, 6.07) is 0.245. The molecule has 12 heavy (non-hydrogen) atoms. The molecule has 1 saturated heterocycles. The maximum Gasteiger partial charge on any atom is 0.0700 e. The van der Waals surface area contributed by atoms with Crippen molar-refractivity contribution >= 4 is 0 Å². The van der Waals surface area contributed by atoms with Gasteiger partial charge >= 0.3 is 0 Å². The van der Waals surface area contributed by atoms with Crippen molar-refractivity contribution in [2.75, 3.05) is 19.8 Å². The Kier molecular flexibility index (Phi) is 4.58. The molecule has 0 aromatic carbocycles. The molecule has 2 N–H and O–H groups in total. The number of aliphatic hydroxyl groups excluding tert-OH is 1. The molecule has 3 heteroatoms. The fraction of sp³-hybridized carbons (Fsp3) is 1.00. The van der Waals surface area contributed by atoms with E-state index in [0.717, 1.165) is 26.0 Å². The molecule has 72 valence electrons. The van der Waals surface area contributed by atoms with Crippen molar-refractivity contribution in [3.8, 4) is 0 Å². The van der Waals surface area contributed by atoms with Gasteiger partial charge in [-0.15, -0.1) is 0 Å². The zero-order valence-electron chi connectivity index (χ0n) is 7.75. The van der Waals surface area contributed by atoms with Crippen molar-refractivity contribution in [3.63, 3.8) is 0 Å². The van der Waals surface area contributed by atoms with E-state index in [2.05, 4.69) is 12.2 Å².